The first-order valence-corrected chi connectivity index (χ1v) is 5.16. The van der Waals surface area contributed by atoms with Crippen molar-refractivity contribution in [2.24, 2.45) is 0 Å². The zero-order chi connectivity index (χ0) is 11.1. The zero-order valence-corrected chi connectivity index (χ0v) is 9.34. The Bertz CT molecular complexity index is 313. The molecule has 0 atom stereocenters. The van der Waals surface area contributed by atoms with Crippen LogP contribution >= 0.6 is 11.6 Å². The minimum atomic E-state index is -0.00521. The van der Waals surface area contributed by atoms with Gasteiger partial charge in [-0.15, -0.1) is 0 Å². The van der Waals surface area contributed by atoms with E-state index in [2.05, 4.69) is 15.6 Å². The third-order valence-electron chi connectivity index (χ3n) is 1.84. The lowest BCUT2D eigenvalue weighted by atomic mass is 10.3. The standard InChI is InChI=1S/C10H14ClN3O/c1-12-6-2-3-10(15)14-8-4-5-9(11)13-7-8/h4-5,7,12H,2-3,6H2,1H3,(H,14,15). The Morgan fingerprint density at radius 1 is 1.53 bits per heavy atom. The molecule has 1 rings (SSSR count). The van der Waals surface area contributed by atoms with Gasteiger partial charge in [0.15, 0.2) is 0 Å². The fourth-order valence-electron chi connectivity index (χ4n) is 1.10. The summed E-state index contributed by atoms with van der Waals surface area (Å²) in [6.07, 6.45) is 2.87. The molecule has 0 unspecified atom stereocenters. The van der Waals surface area contributed by atoms with E-state index in [1.165, 1.54) is 6.20 Å². The van der Waals surface area contributed by atoms with Gasteiger partial charge in [0.2, 0.25) is 5.91 Å². The van der Waals surface area contributed by atoms with Crippen LogP contribution in [-0.4, -0.2) is 24.5 Å². The SMILES string of the molecule is CNCCCC(=O)Nc1ccc(Cl)nc1. The van der Waals surface area contributed by atoms with Crippen LogP contribution in [0.3, 0.4) is 0 Å². The number of nitrogens with one attached hydrogen (secondary N) is 2. The Morgan fingerprint density at radius 3 is 2.93 bits per heavy atom. The van der Waals surface area contributed by atoms with Gasteiger partial charge in [0.05, 0.1) is 11.9 Å². The van der Waals surface area contributed by atoms with Crippen LogP contribution in [-0.2, 0) is 4.79 Å². The molecule has 0 aromatic carbocycles. The minimum Gasteiger partial charge on any atom is -0.325 e. The Hall–Kier alpha value is -1.13. The van der Waals surface area contributed by atoms with Gasteiger partial charge < -0.3 is 10.6 Å². The van der Waals surface area contributed by atoms with Crippen LogP contribution in [0.25, 0.3) is 0 Å². The molecule has 82 valence electrons. The third-order valence-corrected chi connectivity index (χ3v) is 2.07. The summed E-state index contributed by atoms with van der Waals surface area (Å²) in [5.41, 5.74) is 0.675. The summed E-state index contributed by atoms with van der Waals surface area (Å²) in [6.45, 7) is 0.840. The van der Waals surface area contributed by atoms with E-state index < -0.39 is 0 Å². The summed E-state index contributed by atoms with van der Waals surface area (Å²) in [5, 5.41) is 6.14. The summed E-state index contributed by atoms with van der Waals surface area (Å²) in [6, 6.07) is 3.37. The fraction of sp³-hybridized carbons (Fsp3) is 0.400. The first-order chi connectivity index (χ1) is 7.22. The molecular weight excluding hydrogens is 214 g/mol. The molecule has 4 nitrogen and oxygen atoms in total. The molecule has 0 bridgehead atoms. The molecule has 0 saturated heterocycles. The lowest BCUT2D eigenvalue weighted by Gasteiger charge is -2.04. The molecule has 5 heteroatoms. The van der Waals surface area contributed by atoms with Gasteiger partial charge in [-0.2, -0.15) is 0 Å². The van der Waals surface area contributed by atoms with Crippen LogP contribution in [0.5, 0.6) is 0 Å². The van der Waals surface area contributed by atoms with Gasteiger partial charge in [-0.05, 0) is 32.1 Å². The van der Waals surface area contributed by atoms with Gasteiger partial charge in [-0.1, -0.05) is 11.6 Å². The van der Waals surface area contributed by atoms with Crippen molar-refractivity contribution in [2.75, 3.05) is 18.9 Å². The Kier molecular flexibility index (Phi) is 5.07. The van der Waals surface area contributed by atoms with Gasteiger partial charge in [0.25, 0.3) is 0 Å². The number of aromatic nitrogens is 1. The third kappa shape index (κ3) is 4.76. The van der Waals surface area contributed by atoms with E-state index in [4.69, 9.17) is 11.6 Å². The number of nitrogens with zero attached hydrogens (tertiary/aromatic N) is 1. The molecule has 0 spiro atoms. The molecule has 1 aromatic rings. The first-order valence-electron chi connectivity index (χ1n) is 4.78. The number of amides is 1. The van der Waals surface area contributed by atoms with Crippen molar-refractivity contribution in [3.05, 3.63) is 23.5 Å². The molecule has 0 aliphatic carbocycles. The number of pyridine rings is 1. The largest absolute Gasteiger partial charge is 0.325 e. The van der Waals surface area contributed by atoms with E-state index in [1.54, 1.807) is 12.1 Å². The molecule has 0 fully saturated rings. The lowest BCUT2D eigenvalue weighted by Crippen LogP contribution is -2.15. The first kappa shape index (κ1) is 11.9. The molecule has 1 aromatic heterocycles. The van der Waals surface area contributed by atoms with Crippen molar-refractivity contribution in [1.82, 2.24) is 10.3 Å². The van der Waals surface area contributed by atoms with Crippen molar-refractivity contribution >= 4 is 23.2 Å². The fourth-order valence-corrected chi connectivity index (χ4v) is 1.21. The van der Waals surface area contributed by atoms with Gasteiger partial charge >= 0.3 is 0 Å². The minimum absolute atomic E-state index is 0.00521. The molecule has 15 heavy (non-hydrogen) atoms. The van der Waals surface area contributed by atoms with E-state index in [0.29, 0.717) is 17.3 Å². The normalized spacial score (nSPS) is 10.0. The van der Waals surface area contributed by atoms with E-state index in [1.807, 2.05) is 7.05 Å². The summed E-state index contributed by atoms with van der Waals surface area (Å²) < 4.78 is 0. The van der Waals surface area contributed by atoms with Gasteiger partial charge in [-0.25, -0.2) is 4.98 Å². The highest BCUT2D eigenvalue weighted by molar-refractivity contribution is 6.29. The number of halogens is 1. The highest BCUT2D eigenvalue weighted by Gasteiger charge is 2.01. The molecule has 0 radical (unpaired) electrons. The van der Waals surface area contributed by atoms with Gasteiger partial charge in [0.1, 0.15) is 5.15 Å². The molecule has 0 aliphatic rings. The van der Waals surface area contributed by atoms with Crippen molar-refractivity contribution in [3.63, 3.8) is 0 Å². The monoisotopic (exact) mass is 227 g/mol. The van der Waals surface area contributed by atoms with Crippen LogP contribution in [0, 0.1) is 0 Å². The Labute approximate surface area is 94.0 Å². The van der Waals surface area contributed by atoms with E-state index in [9.17, 15) is 4.79 Å². The number of hydrogen-bond donors (Lipinski definition) is 2. The summed E-state index contributed by atoms with van der Waals surface area (Å²) >= 11 is 5.62. The topological polar surface area (TPSA) is 54.0 Å². The van der Waals surface area contributed by atoms with Crippen LogP contribution in [0.4, 0.5) is 5.69 Å². The number of anilines is 1. The smallest absolute Gasteiger partial charge is 0.224 e. The van der Waals surface area contributed by atoms with Gasteiger partial charge in [-0.3, -0.25) is 4.79 Å². The molecule has 1 amide bonds. The molecule has 1 heterocycles. The summed E-state index contributed by atoms with van der Waals surface area (Å²) in [5.74, 6) is -0.00521. The number of hydrogen-bond acceptors (Lipinski definition) is 3. The van der Waals surface area contributed by atoms with Crippen LogP contribution < -0.4 is 10.6 Å². The predicted octanol–water partition coefficient (Wildman–Crippen LogP) is 1.67. The highest BCUT2D eigenvalue weighted by atomic mass is 35.5. The molecular formula is C10H14ClN3O. The second-order valence-corrected chi connectivity index (χ2v) is 3.51. The average Bonchev–Trinajstić information content (AvgIpc) is 2.22. The van der Waals surface area contributed by atoms with Crippen LogP contribution in [0.2, 0.25) is 5.15 Å². The average molecular weight is 228 g/mol. The molecule has 0 saturated carbocycles. The van der Waals surface area contributed by atoms with Crippen molar-refractivity contribution in [3.8, 4) is 0 Å². The lowest BCUT2D eigenvalue weighted by molar-refractivity contribution is -0.116. The number of rotatable bonds is 5. The maximum absolute atomic E-state index is 11.4. The van der Waals surface area contributed by atoms with Gasteiger partial charge in [0, 0.05) is 6.42 Å². The highest BCUT2D eigenvalue weighted by Crippen LogP contribution is 2.09. The van der Waals surface area contributed by atoms with E-state index in [-0.39, 0.29) is 5.91 Å². The number of carbonyl (C=O) groups excluding carboxylic acids is 1. The van der Waals surface area contributed by atoms with E-state index in [0.717, 1.165) is 13.0 Å². The van der Waals surface area contributed by atoms with Crippen molar-refractivity contribution < 1.29 is 4.79 Å². The maximum atomic E-state index is 11.4. The van der Waals surface area contributed by atoms with Crippen molar-refractivity contribution in [1.29, 1.82) is 0 Å². The maximum Gasteiger partial charge on any atom is 0.224 e. The second kappa shape index (κ2) is 6.37. The Balaban J connectivity index is 2.34. The molecule has 2 N–H and O–H groups in total. The summed E-state index contributed by atoms with van der Waals surface area (Å²) in [4.78, 5) is 15.2. The zero-order valence-electron chi connectivity index (χ0n) is 8.59. The van der Waals surface area contributed by atoms with Crippen LogP contribution in [0.15, 0.2) is 18.3 Å². The second-order valence-electron chi connectivity index (χ2n) is 3.12. The van der Waals surface area contributed by atoms with E-state index >= 15 is 0 Å². The predicted molar refractivity (Wildman–Crippen MR) is 61.0 cm³/mol. The summed E-state index contributed by atoms with van der Waals surface area (Å²) in [7, 11) is 1.86. The van der Waals surface area contributed by atoms with Crippen molar-refractivity contribution in [2.45, 2.75) is 12.8 Å². The van der Waals surface area contributed by atoms with Crippen LogP contribution in [0.1, 0.15) is 12.8 Å². The quantitative estimate of drug-likeness (QED) is 0.595. The Morgan fingerprint density at radius 2 is 2.33 bits per heavy atom. The molecule has 0 aliphatic heterocycles. The number of carbonyl (C=O) groups is 1.